The molecular weight excluding hydrogens is 330 g/mol. The summed E-state index contributed by atoms with van der Waals surface area (Å²) in [5, 5.41) is 4.43. The molecule has 25 heavy (non-hydrogen) atoms. The number of benzene rings is 1. The van der Waals surface area contributed by atoms with Crippen molar-refractivity contribution in [2.24, 2.45) is 5.92 Å². The van der Waals surface area contributed by atoms with E-state index in [9.17, 15) is 4.79 Å². The molecule has 4 nitrogen and oxygen atoms in total. The van der Waals surface area contributed by atoms with Gasteiger partial charge in [0.25, 0.3) is 5.91 Å². The van der Waals surface area contributed by atoms with Gasteiger partial charge < -0.3 is 10.2 Å². The Labute approximate surface area is 154 Å². The summed E-state index contributed by atoms with van der Waals surface area (Å²) in [6.45, 7) is 2.94. The lowest BCUT2D eigenvalue weighted by molar-refractivity contribution is 0.0764. The van der Waals surface area contributed by atoms with Crippen LogP contribution in [0.2, 0.25) is 0 Å². The molecule has 0 spiro atoms. The lowest BCUT2D eigenvalue weighted by Crippen LogP contribution is -2.39. The topological polar surface area (TPSA) is 45.2 Å². The third kappa shape index (κ3) is 5.31. The predicted molar refractivity (Wildman–Crippen MR) is 103 cm³/mol. The first-order valence-corrected chi connectivity index (χ1v) is 9.80. The Bertz CT molecular complexity index is 669. The Morgan fingerprint density at radius 3 is 2.80 bits per heavy atom. The number of aromatic nitrogens is 1. The Morgan fingerprint density at radius 2 is 2.12 bits per heavy atom. The molecule has 2 heterocycles. The molecule has 0 saturated carbocycles. The zero-order valence-electron chi connectivity index (χ0n) is 14.6. The van der Waals surface area contributed by atoms with E-state index in [0.717, 1.165) is 36.0 Å². The molecular formula is C20H25N3OS. The molecule has 1 saturated heterocycles. The summed E-state index contributed by atoms with van der Waals surface area (Å²) in [7, 11) is 1.90. The van der Waals surface area contributed by atoms with E-state index in [2.05, 4.69) is 10.3 Å². The predicted octanol–water partition coefficient (Wildman–Crippen LogP) is 3.45. The lowest BCUT2D eigenvalue weighted by atomic mass is 9.99. The number of hydrogen-bond donors (Lipinski definition) is 1. The number of amides is 1. The monoisotopic (exact) mass is 355 g/mol. The van der Waals surface area contributed by atoms with Gasteiger partial charge in [-0.05, 0) is 61.7 Å². The van der Waals surface area contributed by atoms with E-state index in [1.165, 1.54) is 18.4 Å². The molecule has 1 aliphatic heterocycles. The van der Waals surface area contributed by atoms with Gasteiger partial charge in [-0.3, -0.25) is 4.79 Å². The van der Waals surface area contributed by atoms with Crippen LogP contribution in [0, 0.1) is 5.92 Å². The third-order valence-electron chi connectivity index (χ3n) is 4.50. The second-order valence-electron chi connectivity index (χ2n) is 6.55. The molecule has 132 valence electrons. The van der Waals surface area contributed by atoms with E-state index in [1.807, 2.05) is 60.6 Å². The number of carbonyl (C=O) groups excluding carboxylic acids is 1. The number of piperidine rings is 1. The van der Waals surface area contributed by atoms with Crippen LogP contribution < -0.4 is 5.32 Å². The first-order chi connectivity index (χ1) is 12.2. The number of pyridine rings is 1. The lowest BCUT2D eigenvalue weighted by Gasteiger charge is -2.27. The average Bonchev–Trinajstić information content (AvgIpc) is 2.68. The fourth-order valence-electron chi connectivity index (χ4n) is 3.10. The summed E-state index contributed by atoms with van der Waals surface area (Å²) < 4.78 is 0. The second kappa shape index (κ2) is 9.02. The van der Waals surface area contributed by atoms with Gasteiger partial charge in [-0.25, -0.2) is 4.98 Å². The standard InChI is InChI=1S/C20H25N3OS/c1-23(14-17-5-4-11-21-13-17)20(24)18-9-7-16(8-10-18)15-25-19-6-2-3-12-22-19/h2-3,6-10,12,17,21H,4-5,11,13-15H2,1H3. The molecule has 1 atom stereocenters. The van der Waals surface area contributed by atoms with E-state index in [-0.39, 0.29) is 5.91 Å². The van der Waals surface area contributed by atoms with E-state index >= 15 is 0 Å². The van der Waals surface area contributed by atoms with Crippen LogP contribution in [-0.2, 0) is 5.75 Å². The number of nitrogens with one attached hydrogen (secondary N) is 1. The van der Waals surface area contributed by atoms with E-state index in [0.29, 0.717) is 5.92 Å². The van der Waals surface area contributed by atoms with Crippen molar-refractivity contribution in [1.82, 2.24) is 15.2 Å². The Balaban J connectivity index is 1.52. The summed E-state index contributed by atoms with van der Waals surface area (Å²) in [6.07, 6.45) is 4.21. The van der Waals surface area contributed by atoms with Crippen LogP contribution in [-0.4, -0.2) is 42.5 Å². The van der Waals surface area contributed by atoms with Crippen molar-refractivity contribution in [3.8, 4) is 0 Å². The molecule has 3 rings (SSSR count). The number of rotatable bonds is 6. The fourth-order valence-corrected chi connectivity index (χ4v) is 3.92. The molecule has 1 aromatic carbocycles. The molecule has 1 aromatic heterocycles. The van der Waals surface area contributed by atoms with Crippen molar-refractivity contribution >= 4 is 17.7 Å². The zero-order valence-corrected chi connectivity index (χ0v) is 15.5. The minimum absolute atomic E-state index is 0.106. The highest BCUT2D eigenvalue weighted by molar-refractivity contribution is 7.98. The third-order valence-corrected chi connectivity index (χ3v) is 5.52. The van der Waals surface area contributed by atoms with Crippen LogP contribution in [0.5, 0.6) is 0 Å². The Hall–Kier alpha value is -1.85. The van der Waals surface area contributed by atoms with Crippen LogP contribution in [0.1, 0.15) is 28.8 Å². The van der Waals surface area contributed by atoms with E-state index in [1.54, 1.807) is 11.8 Å². The molecule has 1 fully saturated rings. The minimum atomic E-state index is 0.106. The summed E-state index contributed by atoms with van der Waals surface area (Å²) in [5.41, 5.74) is 1.96. The van der Waals surface area contributed by atoms with Crippen molar-refractivity contribution < 1.29 is 4.79 Å². The first kappa shape index (κ1) is 18.0. The molecule has 0 aliphatic carbocycles. The second-order valence-corrected chi connectivity index (χ2v) is 7.55. The van der Waals surface area contributed by atoms with Crippen LogP contribution >= 0.6 is 11.8 Å². The van der Waals surface area contributed by atoms with Gasteiger partial charge in [0.2, 0.25) is 0 Å². The summed E-state index contributed by atoms with van der Waals surface area (Å²) >= 11 is 1.70. The van der Waals surface area contributed by atoms with Crippen LogP contribution in [0.15, 0.2) is 53.7 Å². The van der Waals surface area contributed by atoms with E-state index in [4.69, 9.17) is 0 Å². The molecule has 1 amide bonds. The largest absolute Gasteiger partial charge is 0.341 e. The smallest absolute Gasteiger partial charge is 0.253 e. The van der Waals surface area contributed by atoms with Gasteiger partial charge in [0.1, 0.15) is 0 Å². The van der Waals surface area contributed by atoms with Gasteiger partial charge in [0, 0.05) is 31.1 Å². The van der Waals surface area contributed by atoms with Gasteiger partial charge in [-0.1, -0.05) is 18.2 Å². The van der Waals surface area contributed by atoms with Gasteiger partial charge in [0.15, 0.2) is 0 Å². The molecule has 0 radical (unpaired) electrons. The van der Waals surface area contributed by atoms with Crippen molar-refractivity contribution in [3.05, 3.63) is 59.8 Å². The summed E-state index contributed by atoms with van der Waals surface area (Å²) in [5.74, 6) is 1.53. The van der Waals surface area contributed by atoms with Gasteiger partial charge in [0.05, 0.1) is 5.03 Å². The molecule has 0 bridgehead atoms. The van der Waals surface area contributed by atoms with Crippen molar-refractivity contribution in [1.29, 1.82) is 0 Å². The zero-order chi connectivity index (χ0) is 17.5. The first-order valence-electron chi connectivity index (χ1n) is 8.81. The van der Waals surface area contributed by atoms with Crippen LogP contribution in [0.25, 0.3) is 0 Å². The molecule has 1 unspecified atom stereocenters. The van der Waals surface area contributed by atoms with Crippen molar-refractivity contribution in [2.45, 2.75) is 23.6 Å². The Morgan fingerprint density at radius 1 is 1.28 bits per heavy atom. The Kier molecular flexibility index (Phi) is 6.48. The van der Waals surface area contributed by atoms with Gasteiger partial charge in [-0.15, -0.1) is 11.8 Å². The van der Waals surface area contributed by atoms with Gasteiger partial charge in [-0.2, -0.15) is 0 Å². The quantitative estimate of drug-likeness (QED) is 0.806. The normalized spacial score (nSPS) is 17.2. The number of carbonyl (C=O) groups is 1. The highest BCUT2D eigenvalue weighted by atomic mass is 32.2. The number of nitrogens with zero attached hydrogens (tertiary/aromatic N) is 2. The highest BCUT2D eigenvalue weighted by Crippen LogP contribution is 2.21. The van der Waals surface area contributed by atoms with E-state index < -0.39 is 0 Å². The maximum atomic E-state index is 12.6. The molecule has 1 aliphatic rings. The fraction of sp³-hybridized carbons (Fsp3) is 0.400. The minimum Gasteiger partial charge on any atom is -0.341 e. The summed E-state index contributed by atoms with van der Waals surface area (Å²) in [4.78, 5) is 18.8. The average molecular weight is 356 g/mol. The maximum Gasteiger partial charge on any atom is 0.253 e. The SMILES string of the molecule is CN(CC1CCCNC1)C(=O)c1ccc(CSc2ccccn2)cc1. The molecule has 2 aromatic rings. The molecule has 1 N–H and O–H groups in total. The number of thioether (sulfide) groups is 1. The highest BCUT2D eigenvalue weighted by Gasteiger charge is 2.18. The van der Waals surface area contributed by atoms with Crippen LogP contribution in [0.4, 0.5) is 0 Å². The van der Waals surface area contributed by atoms with Crippen molar-refractivity contribution in [2.75, 3.05) is 26.7 Å². The molecule has 5 heteroatoms. The van der Waals surface area contributed by atoms with Crippen LogP contribution in [0.3, 0.4) is 0 Å². The summed E-state index contributed by atoms with van der Waals surface area (Å²) in [6, 6.07) is 13.9. The number of hydrogen-bond acceptors (Lipinski definition) is 4. The van der Waals surface area contributed by atoms with Gasteiger partial charge >= 0.3 is 0 Å². The van der Waals surface area contributed by atoms with Crippen molar-refractivity contribution in [3.63, 3.8) is 0 Å². The maximum absolute atomic E-state index is 12.6.